The molecule has 0 aromatic heterocycles. The van der Waals surface area contributed by atoms with E-state index in [1.165, 1.54) is 0 Å². The normalized spacial score (nSPS) is 11.8. The van der Waals surface area contributed by atoms with Crippen molar-refractivity contribution < 1.29 is 15.0 Å². The topological polar surface area (TPSA) is 69.6 Å². The van der Waals surface area contributed by atoms with Gasteiger partial charge in [0.1, 0.15) is 0 Å². The van der Waals surface area contributed by atoms with Crippen LogP contribution >= 0.6 is 0 Å². The molecule has 0 atom stereocenters. The van der Waals surface area contributed by atoms with E-state index in [9.17, 15) is 15.0 Å². The number of ketones is 1. The average Bonchev–Trinajstić information content (AvgIpc) is 2.58. The highest BCUT2D eigenvalue weighted by molar-refractivity contribution is 6.08. The molecule has 0 heterocycles. The van der Waals surface area contributed by atoms with Gasteiger partial charge in [-0.2, -0.15) is 0 Å². The minimum atomic E-state index is -0.709. The van der Waals surface area contributed by atoms with Crippen molar-refractivity contribution >= 4 is 16.6 Å². The van der Waals surface area contributed by atoms with E-state index in [0.717, 1.165) is 16.3 Å². The average molecular weight is 301 g/mol. The zero-order valence-corrected chi connectivity index (χ0v) is 12.9. The Morgan fingerprint density at radius 2 is 1.77 bits per heavy atom. The summed E-state index contributed by atoms with van der Waals surface area (Å²) in [6.45, 7) is 2.02. The summed E-state index contributed by atoms with van der Waals surface area (Å²) >= 11 is 0. The lowest BCUT2D eigenvalue weighted by Crippen LogP contribution is -2.51. The Morgan fingerprint density at radius 3 is 2.45 bits per heavy atom. The number of benzene rings is 2. The summed E-state index contributed by atoms with van der Waals surface area (Å²) in [5.74, 6) is 0.0604. The number of Topliss-reactive ketones (excluding diaryl/α,β-unsaturated/α-hetero) is 1. The van der Waals surface area contributed by atoms with Crippen LogP contribution in [0.15, 0.2) is 42.5 Å². The SMILES string of the molecule is CCC(CO)(CO)NCCC(=O)c1cccc2ccccc12. The first kappa shape index (κ1) is 16.6. The molecule has 0 bridgehead atoms. The molecule has 0 fully saturated rings. The lowest BCUT2D eigenvalue weighted by Gasteiger charge is -2.29. The molecule has 0 unspecified atom stereocenters. The molecule has 0 amide bonds. The van der Waals surface area contributed by atoms with Gasteiger partial charge in [0.15, 0.2) is 5.78 Å². The molecule has 4 heteroatoms. The van der Waals surface area contributed by atoms with E-state index in [1.807, 2.05) is 49.4 Å². The Balaban J connectivity index is 2.06. The molecule has 0 saturated heterocycles. The molecule has 0 aliphatic carbocycles. The summed E-state index contributed by atoms with van der Waals surface area (Å²) in [6, 6.07) is 13.5. The molecule has 22 heavy (non-hydrogen) atoms. The molecule has 0 aliphatic heterocycles. The van der Waals surface area contributed by atoms with Gasteiger partial charge in [0.2, 0.25) is 0 Å². The van der Waals surface area contributed by atoms with E-state index < -0.39 is 5.54 Å². The van der Waals surface area contributed by atoms with Gasteiger partial charge in [-0.1, -0.05) is 49.4 Å². The van der Waals surface area contributed by atoms with Crippen LogP contribution in [0.4, 0.5) is 0 Å². The first-order valence-corrected chi connectivity index (χ1v) is 7.63. The summed E-state index contributed by atoms with van der Waals surface area (Å²) in [6.07, 6.45) is 0.929. The van der Waals surface area contributed by atoms with Gasteiger partial charge in [0.05, 0.1) is 18.8 Å². The summed E-state index contributed by atoms with van der Waals surface area (Å²) in [7, 11) is 0. The second-order valence-electron chi connectivity index (χ2n) is 5.58. The quantitative estimate of drug-likeness (QED) is 0.653. The number of carbonyl (C=O) groups is 1. The third kappa shape index (κ3) is 3.53. The van der Waals surface area contributed by atoms with Gasteiger partial charge in [0.25, 0.3) is 0 Å². The predicted octanol–water partition coefficient (Wildman–Crippen LogP) is 2.14. The predicted molar refractivity (Wildman–Crippen MR) is 88.1 cm³/mol. The minimum Gasteiger partial charge on any atom is -0.394 e. The van der Waals surface area contributed by atoms with Crippen LogP contribution in [0.3, 0.4) is 0 Å². The van der Waals surface area contributed by atoms with E-state index in [2.05, 4.69) is 5.32 Å². The molecule has 3 N–H and O–H groups in total. The zero-order chi connectivity index (χ0) is 16.0. The van der Waals surface area contributed by atoms with Gasteiger partial charge < -0.3 is 15.5 Å². The van der Waals surface area contributed by atoms with Crippen molar-refractivity contribution in [1.82, 2.24) is 5.32 Å². The highest BCUT2D eigenvalue weighted by atomic mass is 16.3. The standard InChI is InChI=1S/C18H23NO3/c1-2-18(12-20,13-21)19-11-10-17(22)16-9-5-7-14-6-3-4-8-15(14)16/h3-9,19-21H,2,10-13H2,1H3. The van der Waals surface area contributed by atoms with Crippen LogP contribution in [-0.4, -0.2) is 41.3 Å². The molecule has 2 aromatic carbocycles. The summed E-state index contributed by atoms with van der Waals surface area (Å²) in [5, 5.41) is 23.9. The maximum absolute atomic E-state index is 12.4. The third-order valence-electron chi connectivity index (χ3n) is 4.22. The monoisotopic (exact) mass is 301 g/mol. The number of aliphatic hydroxyl groups excluding tert-OH is 2. The van der Waals surface area contributed by atoms with Crippen molar-refractivity contribution in [2.45, 2.75) is 25.3 Å². The Labute approximate surface area is 130 Å². The van der Waals surface area contributed by atoms with Crippen LogP contribution in [-0.2, 0) is 0 Å². The van der Waals surface area contributed by atoms with Crippen LogP contribution in [0.5, 0.6) is 0 Å². The molecular formula is C18H23NO3. The number of aliphatic hydroxyl groups is 2. The van der Waals surface area contributed by atoms with Crippen LogP contribution in [0.25, 0.3) is 10.8 Å². The fraction of sp³-hybridized carbons (Fsp3) is 0.389. The van der Waals surface area contributed by atoms with Crippen molar-refractivity contribution in [3.63, 3.8) is 0 Å². The Kier molecular flexibility index (Phi) is 5.66. The third-order valence-corrected chi connectivity index (χ3v) is 4.22. The van der Waals surface area contributed by atoms with Crippen LogP contribution in [0.1, 0.15) is 30.1 Å². The number of nitrogens with one attached hydrogen (secondary N) is 1. The van der Waals surface area contributed by atoms with E-state index >= 15 is 0 Å². The van der Waals surface area contributed by atoms with Gasteiger partial charge >= 0.3 is 0 Å². The second kappa shape index (κ2) is 7.49. The van der Waals surface area contributed by atoms with Gasteiger partial charge in [-0.15, -0.1) is 0 Å². The molecular weight excluding hydrogens is 278 g/mol. The lowest BCUT2D eigenvalue weighted by molar-refractivity contribution is 0.0837. The van der Waals surface area contributed by atoms with Gasteiger partial charge in [-0.3, -0.25) is 4.79 Å². The molecule has 2 rings (SSSR count). The summed E-state index contributed by atoms with van der Waals surface area (Å²) in [4.78, 5) is 12.4. The molecule has 4 nitrogen and oxygen atoms in total. The second-order valence-corrected chi connectivity index (χ2v) is 5.58. The molecule has 0 radical (unpaired) electrons. The van der Waals surface area contributed by atoms with Gasteiger partial charge in [-0.25, -0.2) is 0 Å². The highest BCUT2D eigenvalue weighted by Crippen LogP contribution is 2.19. The Bertz CT molecular complexity index is 622. The first-order chi connectivity index (χ1) is 10.7. The van der Waals surface area contributed by atoms with E-state index in [1.54, 1.807) is 0 Å². The van der Waals surface area contributed by atoms with Crippen LogP contribution < -0.4 is 5.32 Å². The fourth-order valence-electron chi connectivity index (χ4n) is 2.55. The number of carbonyl (C=O) groups excluding carboxylic acids is 1. The van der Waals surface area contributed by atoms with Gasteiger partial charge in [-0.05, 0) is 17.2 Å². The molecule has 0 saturated carbocycles. The molecule has 0 spiro atoms. The first-order valence-electron chi connectivity index (χ1n) is 7.63. The molecule has 0 aliphatic rings. The highest BCUT2D eigenvalue weighted by Gasteiger charge is 2.25. The zero-order valence-electron chi connectivity index (χ0n) is 12.9. The minimum absolute atomic E-state index is 0.0604. The van der Waals surface area contributed by atoms with Gasteiger partial charge in [0, 0.05) is 18.5 Å². The maximum atomic E-state index is 12.4. The number of fused-ring (bicyclic) bond motifs is 1. The van der Waals surface area contributed by atoms with E-state index in [-0.39, 0.29) is 19.0 Å². The number of hydrogen-bond donors (Lipinski definition) is 3. The largest absolute Gasteiger partial charge is 0.394 e. The Morgan fingerprint density at radius 1 is 1.09 bits per heavy atom. The molecule has 2 aromatic rings. The van der Waals surface area contributed by atoms with Crippen molar-refractivity contribution in [2.75, 3.05) is 19.8 Å². The van der Waals surface area contributed by atoms with Crippen LogP contribution in [0, 0.1) is 0 Å². The van der Waals surface area contributed by atoms with Crippen molar-refractivity contribution in [2.24, 2.45) is 0 Å². The fourth-order valence-corrected chi connectivity index (χ4v) is 2.55. The lowest BCUT2D eigenvalue weighted by atomic mass is 9.97. The summed E-state index contributed by atoms with van der Waals surface area (Å²) in [5.41, 5.74) is 0.00830. The maximum Gasteiger partial charge on any atom is 0.164 e. The van der Waals surface area contributed by atoms with E-state index in [0.29, 0.717) is 19.4 Å². The van der Waals surface area contributed by atoms with E-state index in [4.69, 9.17) is 0 Å². The molecule has 118 valence electrons. The summed E-state index contributed by atoms with van der Waals surface area (Å²) < 4.78 is 0. The van der Waals surface area contributed by atoms with Crippen molar-refractivity contribution in [3.8, 4) is 0 Å². The Hall–Kier alpha value is -1.75. The van der Waals surface area contributed by atoms with Crippen molar-refractivity contribution in [3.05, 3.63) is 48.0 Å². The smallest absolute Gasteiger partial charge is 0.164 e. The van der Waals surface area contributed by atoms with Crippen LogP contribution in [0.2, 0.25) is 0 Å². The number of rotatable bonds is 8. The van der Waals surface area contributed by atoms with Crippen molar-refractivity contribution in [1.29, 1.82) is 0 Å². The number of hydrogen-bond acceptors (Lipinski definition) is 4.